The molecule has 0 saturated carbocycles. The zero-order valence-electron chi connectivity index (χ0n) is 13.3. The molecule has 26 heavy (non-hydrogen) atoms. The zero-order chi connectivity index (χ0) is 18.5. The molecule has 0 radical (unpaired) electrons. The minimum Gasteiger partial charge on any atom is -0.467 e. The lowest BCUT2D eigenvalue weighted by Gasteiger charge is -2.07. The summed E-state index contributed by atoms with van der Waals surface area (Å²) in [6.07, 6.45) is 2.80. The summed E-state index contributed by atoms with van der Waals surface area (Å²) in [5.74, 6) is -2.58. The maximum atomic E-state index is 13.2. The van der Waals surface area contributed by atoms with E-state index in [0.717, 1.165) is 12.1 Å². The number of benzene rings is 1. The van der Waals surface area contributed by atoms with Crippen LogP contribution in [0.4, 0.5) is 14.5 Å². The van der Waals surface area contributed by atoms with Crippen LogP contribution >= 0.6 is 0 Å². The summed E-state index contributed by atoms with van der Waals surface area (Å²) in [6, 6.07) is 9.11. The van der Waals surface area contributed by atoms with Crippen molar-refractivity contribution in [1.82, 2.24) is 10.3 Å². The van der Waals surface area contributed by atoms with Crippen LogP contribution in [0.5, 0.6) is 0 Å². The lowest BCUT2D eigenvalue weighted by molar-refractivity contribution is 0.0943. The fourth-order valence-electron chi connectivity index (χ4n) is 2.14. The molecule has 6 nitrogen and oxygen atoms in total. The van der Waals surface area contributed by atoms with Crippen molar-refractivity contribution in [3.8, 4) is 0 Å². The molecule has 2 aromatic heterocycles. The van der Waals surface area contributed by atoms with Crippen molar-refractivity contribution in [2.45, 2.75) is 6.54 Å². The van der Waals surface area contributed by atoms with E-state index in [0.29, 0.717) is 5.76 Å². The predicted molar refractivity (Wildman–Crippen MR) is 88.4 cm³/mol. The van der Waals surface area contributed by atoms with Gasteiger partial charge in [0.1, 0.15) is 11.5 Å². The average molecular weight is 357 g/mol. The molecule has 2 N–H and O–H groups in total. The fourth-order valence-corrected chi connectivity index (χ4v) is 2.14. The summed E-state index contributed by atoms with van der Waals surface area (Å²) in [6.45, 7) is 0.179. The van der Waals surface area contributed by atoms with Crippen LogP contribution in [-0.4, -0.2) is 16.8 Å². The van der Waals surface area contributed by atoms with Gasteiger partial charge in [0.05, 0.1) is 12.8 Å². The standard InChI is InChI=1S/C18H13F2N3O3/c19-14-4-3-12(9-15(14)20)23-17(24)11-5-6-21-16(8-11)18(25)22-10-13-2-1-7-26-13/h1-9H,10H2,(H,22,25)(H,23,24). The van der Waals surface area contributed by atoms with Gasteiger partial charge >= 0.3 is 0 Å². The Hall–Kier alpha value is -3.55. The normalized spacial score (nSPS) is 10.4. The van der Waals surface area contributed by atoms with E-state index in [1.165, 1.54) is 30.7 Å². The number of anilines is 1. The molecule has 132 valence electrons. The molecule has 3 rings (SSSR count). The van der Waals surface area contributed by atoms with Crippen LogP contribution in [0.1, 0.15) is 26.6 Å². The third-order valence-electron chi connectivity index (χ3n) is 3.44. The third kappa shape index (κ3) is 4.10. The lowest BCUT2D eigenvalue weighted by atomic mass is 10.2. The Morgan fingerprint density at radius 2 is 1.88 bits per heavy atom. The predicted octanol–water partition coefficient (Wildman–Crippen LogP) is 3.14. The third-order valence-corrected chi connectivity index (χ3v) is 3.44. The van der Waals surface area contributed by atoms with Gasteiger partial charge in [0.15, 0.2) is 11.6 Å². The second kappa shape index (κ2) is 7.56. The van der Waals surface area contributed by atoms with E-state index in [2.05, 4.69) is 15.6 Å². The summed E-state index contributed by atoms with van der Waals surface area (Å²) in [4.78, 5) is 28.3. The van der Waals surface area contributed by atoms with Crippen molar-refractivity contribution in [3.05, 3.63) is 83.6 Å². The Morgan fingerprint density at radius 1 is 1.04 bits per heavy atom. The van der Waals surface area contributed by atoms with E-state index in [9.17, 15) is 18.4 Å². The number of halogens is 2. The van der Waals surface area contributed by atoms with Crippen molar-refractivity contribution >= 4 is 17.5 Å². The molecule has 2 heterocycles. The van der Waals surface area contributed by atoms with Crippen LogP contribution in [0.3, 0.4) is 0 Å². The molecule has 0 aliphatic rings. The van der Waals surface area contributed by atoms with Crippen LogP contribution in [0, 0.1) is 11.6 Å². The average Bonchev–Trinajstić information content (AvgIpc) is 3.16. The van der Waals surface area contributed by atoms with Gasteiger partial charge in [-0.1, -0.05) is 0 Å². The van der Waals surface area contributed by atoms with Gasteiger partial charge in [0, 0.05) is 23.5 Å². The highest BCUT2D eigenvalue weighted by Crippen LogP contribution is 2.14. The van der Waals surface area contributed by atoms with Gasteiger partial charge in [0.2, 0.25) is 0 Å². The molecular formula is C18H13F2N3O3. The number of pyridine rings is 1. The molecule has 2 amide bonds. The van der Waals surface area contributed by atoms with Gasteiger partial charge in [0.25, 0.3) is 11.8 Å². The zero-order valence-corrected chi connectivity index (χ0v) is 13.3. The smallest absolute Gasteiger partial charge is 0.270 e. The number of amides is 2. The molecule has 0 spiro atoms. The Bertz CT molecular complexity index is 943. The van der Waals surface area contributed by atoms with E-state index in [1.807, 2.05) is 0 Å². The Morgan fingerprint density at radius 3 is 2.62 bits per heavy atom. The maximum absolute atomic E-state index is 13.2. The van der Waals surface area contributed by atoms with Gasteiger partial charge in [-0.25, -0.2) is 8.78 Å². The first kappa shape index (κ1) is 17.3. The molecule has 3 aromatic rings. The van der Waals surface area contributed by atoms with Gasteiger partial charge < -0.3 is 15.1 Å². The monoisotopic (exact) mass is 357 g/mol. The molecule has 0 bridgehead atoms. The molecule has 0 unspecified atom stereocenters. The van der Waals surface area contributed by atoms with E-state index in [1.54, 1.807) is 12.1 Å². The summed E-state index contributed by atoms with van der Waals surface area (Å²) in [7, 11) is 0. The van der Waals surface area contributed by atoms with Crippen LogP contribution in [0.2, 0.25) is 0 Å². The quantitative estimate of drug-likeness (QED) is 0.735. The van der Waals surface area contributed by atoms with E-state index < -0.39 is 23.4 Å². The van der Waals surface area contributed by atoms with Crippen molar-refractivity contribution < 1.29 is 22.8 Å². The SMILES string of the molecule is O=C(Nc1ccc(F)c(F)c1)c1ccnc(C(=O)NCc2ccco2)c1. The lowest BCUT2D eigenvalue weighted by Crippen LogP contribution is -2.24. The van der Waals surface area contributed by atoms with Gasteiger partial charge in [-0.05, 0) is 36.4 Å². The number of aromatic nitrogens is 1. The summed E-state index contributed by atoms with van der Waals surface area (Å²) in [5, 5.41) is 5.04. The number of nitrogens with zero attached hydrogens (tertiary/aromatic N) is 1. The van der Waals surface area contributed by atoms with Crippen LogP contribution < -0.4 is 10.6 Å². The molecule has 8 heteroatoms. The second-order valence-electron chi connectivity index (χ2n) is 5.27. The number of carbonyl (C=O) groups is 2. The number of hydrogen-bond acceptors (Lipinski definition) is 4. The number of hydrogen-bond donors (Lipinski definition) is 2. The molecule has 0 aliphatic heterocycles. The van der Waals surface area contributed by atoms with Gasteiger partial charge in [-0.2, -0.15) is 0 Å². The first-order valence-corrected chi connectivity index (χ1v) is 7.56. The molecule has 0 aliphatic carbocycles. The van der Waals surface area contributed by atoms with E-state index in [-0.39, 0.29) is 23.5 Å². The summed E-state index contributed by atoms with van der Waals surface area (Å²) in [5.41, 5.74) is 0.275. The Labute approximate surface area is 146 Å². The summed E-state index contributed by atoms with van der Waals surface area (Å²) < 4.78 is 31.2. The molecule has 0 fully saturated rings. The first-order valence-electron chi connectivity index (χ1n) is 7.56. The minimum atomic E-state index is -1.07. The molecular weight excluding hydrogens is 344 g/mol. The number of carbonyl (C=O) groups excluding carboxylic acids is 2. The maximum Gasteiger partial charge on any atom is 0.270 e. The van der Waals surface area contributed by atoms with E-state index in [4.69, 9.17) is 4.42 Å². The van der Waals surface area contributed by atoms with Crippen molar-refractivity contribution in [3.63, 3.8) is 0 Å². The van der Waals surface area contributed by atoms with Crippen LogP contribution in [-0.2, 0) is 6.54 Å². The van der Waals surface area contributed by atoms with Crippen molar-refractivity contribution in [1.29, 1.82) is 0 Å². The number of rotatable bonds is 5. The second-order valence-corrected chi connectivity index (χ2v) is 5.27. The van der Waals surface area contributed by atoms with Crippen LogP contribution in [0.15, 0.2) is 59.3 Å². The Balaban J connectivity index is 1.68. The first-order chi connectivity index (χ1) is 12.5. The largest absolute Gasteiger partial charge is 0.467 e. The topological polar surface area (TPSA) is 84.2 Å². The highest BCUT2D eigenvalue weighted by molar-refractivity contribution is 6.05. The fraction of sp³-hybridized carbons (Fsp3) is 0.0556. The highest BCUT2D eigenvalue weighted by Gasteiger charge is 2.13. The number of nitrogens with one attached hydrogen (secondary N) is 2. The van der Waals surface area contributed by atoms with Gasteiger partial charge in [-0.3, -0.25) is 14.6 Å². The molecule has 1 aromatic carbocycles. The highest BCUT2D eigenvalue weighted by atomic mass is 19.2. The number of furan rings is 1. The van der Waals surface area contributed by atoms with Gasteiger partial charge in [-0.15, -0.1) is 0 Å². The van der Waals surface area contributed by atoms with Crippen LogP contribution in [0.25, 0.3) is 0 Å². The molecule has 0 atom stereocenters. The minimum absolute atomic E-state index is 0.0366. The molecule has 0 saturated heterocycles. The summed E-state index contributed by atoms with van der Waals surface area (Å²) >= 11 is 0. The van der Waals surface area contributed by atoms with Crippen molar-refractivity contribution in [2.75, 3.05) is 5.32 Å². The van der Waals surface area contributed by atoms with Crippen molar-refractivity contribution in [2.24, 2.45) is 0 Å². The van der Waals surface area contributed by atoms with E-state index >= 15 is 0 Å². The Kier molecular flexibility index (Phi) is 5.02.